The molecule has 3 unspecified atom stereocenters. The van der Waals surface area contributed by atoms with E-state index < -0.39 is 6.10 Å². The Bertz CT molecular complexity index is 769. The van der Waals surface area contributed by atoms with Crippen LogP contribution >= 0.6 is 11.3 Å². The molecule has 1 aliphatic rings. The molecule has 25 heavy (non-hydrogen) atoms. The summed E-state index contributed by atoms with van der Waals surface area (Å²) in [6, 6.07) is 8.21. The zero-order valence-corrected chi connectivity index (χ0v) is 15.4. The van der Waals surface area contributed by atoms with Crippen LogP contribution in [0.15, 0.2) is 29.6 Å². The molecular weight excluding hydrogens is 336 g/mol. The Kier molecular flexibility index (Phi) is 5.18. The molecule has 3 rings (SSSR count). The number of hydrogen-bond donors (Lipinski definition) is 1. The van der Waals surface area contributed by atoms with Gasteiger partial charge in [-0.25, -0.2) is 4.98 Å². The first-order chi connectivity index (χ1) is 12.0. The van der Waals surface area contributed by atoms with Crippen molar-refractivity contribution >= 4 is 28.3 Å². The second-order valence-corrected chi connectivity index (χ2v) is 7.33. The molecule has 5 nitrogen and oxygen atoms in total. The number of carbonyl (C=O) groups is 2. The first-order valence-electron chi connectivity index (χ1n) is 8.54. The molecule has 1 heterocycles. The fourth-order valence-corrected chi connectivity index (χ4v) is 3.27. The molecule has 3 atom stereocenters. The van der Waals surface area contributed by atoms with Gasteiger partial charge >= 0.3 is 5.97 Å². The maximum atomic E-state index is 12.2. The predicted molar refractivity (Wildman–Crippen MR) is 98.4 cm³/mol. The highest BCUT2D eigenvalue weighted by Crippen LogP contribution is 2.38. The number of aromatic nitrogens is 1. The zero-order valence-electron chi connectivity index (χ0n) is 14.6. The molecule has 1 saturated carbocycles. The van der Waals surface area contributed by atoms with Crippen LogP contribution in [0.5, 0.6) is 0 Å². The van der Waals surface area contributed by atoms with Crippen molar-refractivity contribution in [2.24, 2.45) is 11.8 Å². The number of ether oxygens (including phenoxy) is 1. The summed E-state index contributed by atoms with van der Waals surface area (Å²) < 4.78 is 5.22. The third-order valence-electron chi connectivity index (χ3n) is 4.47. The van der Waals surface area contributed by atoms with Gasteiger partial charge in [0, 0.05) is 10.9 Å². The number of amides is 1. The van der Waals surface area contributed by atoms with Gasteiger partial charge in [-0.3, -0.25) is 14.9 Å². The Hall–Kier alpha value is -2.21. The lowest BCUT2D eigenvalue weighted by Crippen LogP contribution is -2.30. The van der Waals surface area contributed by atoms with E-state index in [0.29, 0.717) is 11.0 Å². The molecule has 1 N–H and O–H groups in total. The van der Waals surface area contributed by atoms with Crippen LogP contribution in [0.2, 0.25) is 0 Å². The Morgan fingerprint density at radius 2 is 2.04 bits per heavy atom. The minimum Gasteiger partial charge on any atom is -0.452 e. The second kappa shape index (κ2) is 7.35. The van der Waals surface area contributed by atoms with Gasteiger partial charge in [-0.2, -0.15) is 0 Å². The van der Waals surface area contributed by atoms with Gasteiger partial charge in [0.1, 0.15) is 0 Å². The van der Waals surface area contributed by atoms with Gasteiger partial charge < -0.3 is 4.74 Å². The Morgan fingerprint density at radius 1 is 1.36 bits per heavy atom. The molecule has 6 heteroatoms. The SMILES string of the molecule is CCc1ccc(-c2csc(NC(=O)C(C)OC(=O)C3CC3C)n2)cc1. The molecule has 2 aromatic rings. The largest absolute Gasteiger partial charge is 0.452 e. The van der Waals surface area contributed by atoms with E-state index in [1.807, 2.05) is 24.4 Å². The van der Waals surface area contributed by atoms with Crippen molar-refractivity contribution in [1.82, 2.24) is 4.98 Å². The molecule has 1 aromatic carbocycles. The smallest absolute Gasteiger partial charge is 0.309 e. The van der Waals surface area contributed by atoms with Gasteiger partial charge in [-0.15, -0.1) is 11.3 Å². The van der Waals surface area contributed by atoms with Crippen LogP contribution in [0.25, 0.3) is 11.3 Å². The number of nitrogens with zero attached hydrogens (tertiary/aromatic N) is 1. The fourth-order valence-electron chi connectivity index (χ4n) is 2.55. The molecule has 0 aliphatic heterocycles. The van der Waals surface area contributed by atoms with Gasteiger partial charge in [-0.1, -0.05) is 38.1 Å². The van der Waals surface area contributed by atoms with E-state index in [1.165, 1.54) is 16.9 Å². The van der Waals surface area contributed by atoms with Gasteiger partial charge in [-0.05, 0) is 31.2 Å². The molecule has 1 amide bonds. The van der Waals surface area contributed by atoms with Crippen molar-refractivity contribution in [1.29, 1.82) is 0 Å². The van der Waals surface area contributed by atoms with E-state index in [2.05, 4.69) is 29.4 Å². The first-order valence-corrected chi connectivity index (χ1v) is 9.42. The predicted octanol–water partition coefficient (Wildman–Crippen LogP) is 3.90. The number of rotatable bonds is 6. The van der Waals surface area contributed by atoms with Crippen LogP contribution in [-0.2, 0) is 20.7 Å². The molecule has 0 bridgehead atoms. The molecule has 132 valence electrons. The van der Waals surface area contributed by atoms with Gasteiger partial charge in [0.2, 0.25) is 0 Å². The Morgan fingerprint density at radius 3 is 2.64 bits per heavy atom. The van der Waals surface area contributed by atoms with Crippen molar-refractivity contribution in [3.05, 3.63) is 35.2 Å². The maximum Gasteiger partial charge on any atom is 0.309 e. The molecule has 0 spiro atoms. The van der Waals surface area contributed by atoms with E-state index in [1.54, 1.807) is 6.92 Å². The molecule has 1 fully saturated rings. The van der Waals surface area contributed by atoms with Crippen LogP contribution < -0.4 is 5.32 Å². The number of esters is 1. The van der Waals surface area contributed by atoms with E-state index in [4.69, 9.17) is 4.74 Å². The standard InChI is InChI=1S/C19H22N2O3S/c1-4-13-5-7-14(8-6-13)16-10-25-19(20-16)21-17(22)12(3)24-18(23)15-9-11(15)2/h5-8,10-12,15H,4,9H2,1-3H3,(H,20,21,22). The lowest BCUT2D eigenvalue weighted by Gasteiger charge is -2.12. The third kappa shape index (κ3) is 4.25. The van der Waals surface area contributed by atoms with Crippen molar-refractivity contribution in [3.8, 4) is 11.3 Å². The quantitative estimate of drug-likeness (QED) is 0.795. The number of aryl methyl sites for hydroxylation is 1. The van der Waals surface area contributed by atoms with Crippen molar-refractivity contribution in [2.75, 3.05) is 5.32 Å². The number of thiazole rings is 1. The van der Waals surface area contributed by atoms with E-state index in [-0.39, 0.29) is 17.8 Å². The molecule has 0 radical (unpaired) electrons. The summed E-state index contributed by atoms with van der Waals surface area (Å²) in [5, 5.41) is 5.13. The van der Waals surface area contributed by atoms with Crippen molar-refractivity contribution < 1.29 is 14.3 Å². The van der Waals surface area contributed by atoms with E-state index in [0.717, 1.165) is 24.1 Å². The average molecular weight is 358 g/mol. The summed E-state index contributed by atoms with van der Waals surface area (Å²) in [4.78, 5) is 28.4. The third-order valence-corrected chi connectivity index (χ3v) is 5.22. The summed E-state index contributed by atoms with van der Waals surface area (Å²) in [6.45, 7) is 5.70. The van der Waals surface area contributed by atoms with Crippen LogP contribution in [0.3, 0.4) is 0 Å². The minimum absolute atomic E-state index is 0.0483. The lowest BCUT2D eigenvalue weighted by atomic mass is 10.1. The summed E-state index contributed by atoms with van der Waals surface area (Å²) in [5.74, 6) is -0.328. The Labute approximate surface area is 151 Å². The Balaban J connectivity index is 1.58. The highest BCUT2D eigenvalue weighted by Gasteiger charge is 2.41. The number of benzene rings is 1. The van der Waals surface area contributed by atoms with Crippen LogP contribution in [-0.4, -0.2) is 23.0 Å². The van der Waals surface area contributed by atoms with E-state index >= 15 is 0 Å². The van der Waals surface area contributed by atoms with Gasteiger partial charge in [0.05, 0.1) is 11.6 Å². The number of hydrogen-bond acceptors (Lipinski definition) is 5. The maximum absolute atomic E-state index is 12.2. The topological polar surface area (TPSA) is 68.3 Å². The van der Waals surface area contributed by atoms with Gasteiger partial charge in [0.15, 0.2) is 11.2 Å². The number of anilines is 1. The molecular formula is C19H22N2O3S. The van der Waals surface area contributed by atoms with E-state index in [9.17, 15) is 9.59 Å². The van der Waals surface area contributed by atoms with Crippen molar-refractivity contribution in [2.45, 2.75) is 39.7 Å². The highest BCUT2D eigenvalue weighted by atomic mass is 32.1. The summed E-state index contributed by atoms with van der Waals surface area (Å²) in [5.41, 5.74) is 3.10. The molecule has 1 aromatic heterocycles. The van der Waals surface area contributed by atoms with Crippen LogP contribution in [0.4, 0.5) is 5.13 Å². The van der Waals surface area contributed by atoms with Gasteiger partial charge in [0.25, 0.3) is 5.91 Å². The normalized spacial score (nSPS) is 20.0. The number of carbonyl (C=O) groups excluding carboxylic acids is 2. The summed E-state index contributed by atoms with van der Waals surface area (Å²) in [6.07, 6.45) is 1.02. The zero-order chi connectivity index (χ0) is 18.0. The first kappa shape index (κ1) is 17.6. The highest BCUT2D eigenvalue weighted by molar-refractivity contribution is 7.14. The minimum atomic E-state index is -0.823. The fraction of sp³-hybridized carbons (Fsp3) is 0.421. The van der Waals surface area contributed by atoms with Crippen LogP contribution in [0, 0.1) is 11.8 Å². The molecule has 0 saturated heterocycles. The summed E-state index contributed by atoms with van der Waals surface area (Å²) in [7, 11) is 0. The molecule has 1 aliphatic carbocycles. The second-order valence-electron chi connectivity index (χ2n) is 6.48. The number of nitrogens with one attached hydrogen (secondary N) is 1. The van der Waals surface area contributed by atoms with Crippen LogP contribution in [0.1, 0.15) is 32.8 Å². The lowest BCUT2D eigenvalue weighted by molar-refractivity contribution is -0.154. The average Bonchev–Trinajstić information content (AvgIpc) is 3.16. The summed E-state index contributed by atoms with van der Waals surface area (Å²) >= 11 is 1.35. The monoisotopic (exact) mass is 358 g/mol. The van der Waals surface area contributed by atoms with Crippen molar-refractivity contribution in [3.63, 3.8) is 0 Å².